The second-order valence-corrected chi connectivity index (χ2v) is 11.5. The Morgan fingerprint density at radius 2 is 1.76 bits per heavy atom. The molecule has 0 aromatic heterocycles. The van der Waals surface area contributed by atoms with Gasteiger partial charge in [0.2, 0.25) is 11.8 Å². The highest BCUT2D eigenvalue weighted by molar-refractivity contribution is 6.30. The number of rotatable bonds is 9. The second-order valence-electron chi connectivity index (χ2n) is 11.0. The molecule has 1 saturated heterocycles. The SMILES string of the molecule is COC(=O)[C@@H]1C[C@H](N(C)C(=O)[C@@H](Cc2ccc(Cl)cc2)NC(=O)[C@H]2Cc3ccccc3CN2)CN1CC(C)C.Cl.Cl. The first-order valence-corrected chi connectivity index (χ1v) is 14.0. The van der Waals surface area contributed by atoms with Crippen LogP contribution in [0.4, 0.5) is 0 Å². The van der Waals surface area contributed by atoms with Crippen molar-refractivity contribution in [2.45, 2.75) is 63.8 Å². The molecule has 0 aliphatic carbocycles. The number of halogens is 3. The van der Waals surface area contributed by atoms with Gasteiger partial charge in [-0.1, -0.05) is 61.8 Å². The Morgan fingerprint density at radius 3 is 2.39 bits per heavy atom. The van der Waals surface area contributed by atoms with E-state index in [1.807, 2.05) is 30.3 Å². The van der Waals surface area contributed by atoms with Gasteiger partial charge in [0.05, 0.1) is 13.2 Å². The smallest absolute Gasteiger partial charge is 0.323 e. The third kappa shape index (κ3) is 8.82. The van der Waals surface area contributed by atoms with Crippen LogP contribution in [-0.2, 0) is 38.5 Å². The van der Waals surface area contributed by atoms with E-state index >= 15 is 0 Å². The minimum absolute atomic E-state index is 0. The molecule has 2 aromatic carbocycles. The van der Waals surface area contributed by atoms with E-state index in [1.54, 1.807) is 24.1 Å². The zero-order valence-electron chi connectivity index (χ0n) is 24.0. The molecule has 2 aliphatic rings. The summed E-state index contributed by atoms with van der Waals surface area (Å²) in [5, 5.41) is 6.96. The first kappa shape index (κ1) is 34.8. The highest BCUT2D eigenvalue weighted by Gasteiger charge is 2.41. The van der Waals surface area contributed by atoms with Crippen LogP contribution in [0.15, 0.2) is 48.5 Å². The lowest BCUT2D eigenvalue weighted by Gasteiger charge is -2.31. The number of nitrogens with zero attached hydrogens (tertiary/aromatic N) is 2. The van der Waals surface area contributed by atoms with Crippen molar-refractivity contribution >= 4 is 54.2 Å². The van der Waals surface area contributed by atoms with E-state index in [-0.39, 0.29) is 48.6 Å². The van der Waals surface area contributed by atoms with Crippen molar-refractivity contribution in [2.24, 2.45) is 5.92 Å². The van der Waals surface area contributed by atoms with Crippen LogP contribution in [0.25, 0.3) is 0 Å². The molecule has 41 heavy (non-hydrogen) atoms. The molecule has 0 saturated carbocycles. The van der Waals surface area contributed by atoms with Crippen LogP contribution in [0, 0.1) is 5.92 Å². The van der Waals surface area contributed by atoms with Crippen molar-refractivity contribution in [3.63, 3.8) is 0 Å². The van der Waals surface area contributed by atoms with Gasteiger partial charge in [-0.25, -0.2) is 0 Å². The summed E-state index contributed by atoms with van der Waals surface area (Å²) in [5.74, 6) is -0.310. The van der Waals surface area contributed by atoms with Crippen LogP contribution >= 0.6 is 36.4 Å². The molecule has 0 radical (unpaired) electrons. The molecule has 2 aromatic rings. The molecule has 2 N–H and O–H groups in total. The summed E-state index contributed by atoms with van der Waals surface area (Å²) in [6.45, 7) is 6.12. The summed E-state index contributed by atoms with van der Waals surface area (Å²) >= 11 is 6.08. The summed E-state index contributed by atoms with van der Waals surface area (Å²) in [5.41, 5.74) is 3.22. The zero-order chi connectivity index (χ0) is 28.1. The highest BCUT2D eigenvalue weighted by Crippen LogP contribution is 2.25. The number of hydrogen-bond donors (Lipinski definition) is 2. The van der Waals surface area contributed by atoms with Crippen LogP contribution in [0.1, 0.15) is 37.0 Å². The number of methoxy groups -OCH3 is 1. The van der Waals surface area contributed by atoms with Crippen LogP contribution in [0.3, 0.4) is 0 Å². The molecule has 0 unspecified atom stereocenters. The number of likely N-dealkylation sites (N-methyl/N-ethyl adjacent to an activating group) is 1. The standard InChI is InChI=1S/C30H39ClN4O4.2ClH/c1-19(2)17-35-18-24(15-27(35)30(38)39-4)34(3)29(37)26(13-20-9-11-23(31)12-10-20)33-28(36)25-14-21-7-5-6-8-22(21)16-32-25;;/h5-12,19,24-27,32H,13-18H2,1-4H3,(H,33,36);2*1H/t24-,25+,26+,27-;;/m0../s1. The average Bonchev–Trinajstić information content (AvgIpc) is 3.35. The third-order valence-electron chi connectivity index (χ3n) is 7.72. The van der Waals surface area contributed by atoms with Gasteiger partial charge in [0, 0.05) is 44.2 Å². The van der Waals surface area contributed by atoms with E-state index in [9.17, 15) is 14.4 Å². The minimum Gasteiger partial charge on any atom is -0.468 e. The summed E-state index contributed by atoms with van der Waals surface area (Å²) in [7, 11) is 3.16. The largest absolute Gasteiger partial charge is 0.468 e. The number of amides is 2. The lowest BCUT2D eigenvalue weighted by molar-refractivity contribution is -0.146. The summed E-state index contributed by atoms with van der Waals surface area (Å²) in [6.07, 6.45) is 1.38. The number of benzene rings is 2. The van der Waals surface area contributed by atoms with Gasteiger partial charge in [-0.05, 0) is 47.6 Å². The van der Waals surface area contributed by atoms with E-state index in [4.69, 9.17) is 16.3 Å². The topological polar surface area (TPSA) is 91.0 Å². The first-order chi connectivity index (χ1) is 18.7. The molecule has 11 heteroatoms. The Morgan fingerprint density at radius 1 is 1.10 bits per heavy atom. The van der Waals surface area contributed by atoms with Gasteiger partial charge < -0.3 is 20.3 Å². The fourth-order valence-corrected chi connectivity index (χ4v) is 5.73. The average molecular weight is 628 g/mol. The number of ether oxygens (including phenoxy) is 1. The maximum atomic E-state index is 13.9. The Hall–Kier alpha value is -2.36. The first-order valence-electron chi connectivity index (χ1n) is 13.6. The van der Waals surface area contributed by atoms with Crippen LogP contribution < -0.4 is 10.6 Å². The lowest BCUT2D eigenvalue weighted by Crippen LogP contribution is -2.56. The molecule has 4 atom stereocenters. The molecule has 2 aliphatic heterocycles. The van der Waals surface area contributed by atoms with Crippen molar-refractivity contribution in [3.8, 4) is 0 Å². The normalized spacial score (nSPS) is 20.7. The van der Waals surface area contributed by atoms with E-state index in [0.29, 0.717) is 43.3 Å². The van der Waals surface area contributed by atoms with Gasteiger partial charge in [-0.3, -0.25) is 19.3 Å². The fourth-order valence-electron chi connectivity index (χ4n) is 5.61. The monoisotopic (exact) mass is 626 g/mol. The molecule has 2 amide bonds. The van der Waals surface area contributed by atoms with Gasteiger partial charge in [0.25, 0.3) is 0 Å². The number of carbonyl (C=O) groups excluding carboxylic acids is 3. The molecule has 226 valence electrons. The predicted octanol–water partition coefficient (Wildman–Crippen LogP) is 3.66. The van der Waals surface area contributed by atoms with E-state index in [1.165, 1.54) is 12.7 Å². The maximum Gasteiger partial charge on any atom is 0.323 e. The quantitative estimate of drug-likeness (QED) is 0.413. The summed E-state index contributed by atoms with van der Waals surface area (Å²) < 4.78 is 5.06. The van der Waals surface area contributed by atoms with Gasteiger partial charge in [0.15, 0.2) is 0 Å². The fraction of sp³-hybridized carbons (Fsp3) is 0.500. The van der Waals surface area contributed by atoms with Gasteiger partial charge >= 0.3 is 5.97 Å². The number of likely N-dealkylation sites (tertiary alicyclic amines) is 1. The predicted molar refractivity (Wildman–Crippen MR) is 166 cm³/mol. The molecule has 8 nitrogen and oxygen atoms in total. The molecule has 0 spiro atoms. The van der Waals surface area contributed by atoms with Crippen molar-refractivity contribution in [3.05, 3.63) is 70.2 Å². The van der Waals surface area contributed by atoms with Crippen molar-refractivity contribution in [2.75, 3.05) is 27.2 Å². The molecular formula is C30H41Cl3N4O4. The van der Waals surface area contributed by atoms with Gasteiger partial charge in [0.1, 0.15) is 12.1 Å². The Bertz CT molecular complexity index is 1180. The lowest BCUT2D eigenvalue weighted by atomic mass is 9.95. The van der Waals surface area contributed by atoms with Crippen LogP contribution in [0.2, 0.25) is 5.02 Å². The Kier molecular flexibility index (Phi) is 13.4. The van der Waals surface area contributed by atoms with Gasteiger partial charge in [-0.2, -0.15) is 0 Å². The summed E-state index contributed by atoms with van der Waals surface area (Å²) in [6, 6.07) is 13.6. The van der Waals surface area contributed by atoms with E-state index in [0.717, 1.165) is 17.7 Å². The molecule has 2 heterocycles. The number of esters is 1. The number of hydrogen-bond acceptors (Lipinski definition) is 6. The minimum atomic E-state index is -0.765. The van der Waals surface area contributed by atoms with Crippen LogP contribution in [-0.4, -0.2) is 79.0 Å². The molecular weight excluding hydrogens is 587 g/mol. The Labute approximate surface area is 260 Å². The Balaban J connectivity index is 0.00000294. The molecule has 4 rings (SSSR count). The zero-order valence-corrected chi connectivity index (χ0v) is 26.4. The maximum absolute atomic E-state index is 13.9. The van der Waals surface area contributed by atoms with Crippen molar-refractivity contribution < 1.29 is 19.1 Å². The van der Waals surface area contributed by atoms with E-state index < -0.39 is 18.1 Å². The second kappa shape index (κ2) is 15.8. The number of nitrogens with one attached hydrogen (secondary N) is 2. The van der Waals surface area contributed by atoms with E-state index in [2.05, 4.69) is 35.4 Å². The number of fused-ring (bicyclic) bond motifs is 1. The van der Waals surface area contributed by atoms with Gasteiger partial charge in [-0.15, -0.1) is 24.8 Å². The van der Waals surface area contributed by atoms with Crippen LogP contribution in [0.5, 0.6) is 0 Å². The molecule has 1 fully saturated rings. The highest BCUT2D eigenvalue weighted by atomic mass is 35.5. The van der Waals surface area contributed by atoms with Crippen molar-refractivity contribution in [1.82, 2.24) is 20.4 Å². The molecule has 0 bridgehead atoms. The third-order valence-corrected chi connectivity index (χ3v) is 7.97. The van der Waals surface area contributed by atoms with Crippen molar-refractivity contribution in [1.29, 1.82) is 0 Å². The summed E-state index contributed by atoms with van der Waals surface area (Å²) in [4.78, 5) is 43.7. The number of carbonyl (C=O) groups is 3.